The first-order chi connectivity index (χ1) is 9.15. The van der Waals surface area contributed by atoms with Gasteiger partial charge in [-0.05, 0) is 50.2 Å². The Morgan fingerprint density at radius 3 is 2.79 bits per heavy atom. The number of aromatic nitrogens is 2. The lowest BCUT2D eigenvalue weighted by Gasteiger charge is -2.24. The van der Waals surface area contributed by atoms with Crippen LogP contribution in [0.5, 0.6) is 0 Å². The molecule has 0 aliphatic rings. The second-order valence-electron chi connectivity index (χ2n) is 5.15. The molecule has 0 saturated carbocycles. The lowest BCUT2D eigenvalue weighted by Crippen LogP contribution is -2.30. The van der Waals surface area contributed by atoms with Crippen molar-refractivity contribution in [2.45, 2.75) is 32.9 Å². The standard InChI is InChI=1S/C16H21N3/c1-13-6-8-18-16(9-13)10-14(2)19(3)12-15-5-4-7-17-11-15/h4-9,11,14H,10,12H2,1-3H3. The molecule has 0 aliphatic heterocycles. The van der Waals surface area contributed by atoms with Gasteiger partial charge in [0.05, 0.1) is 0 Å². The molecule has 19 heavy (non-hydrogen) atoms. The predicted molar refractivity (Wildman–Crippen MR) is 77.8 cm³/mol. The fraction of sp³-hybridized carbons (Fsp3) is 0.375. The number of aryl methyl sites for hydroxylation is 1. The normalized spacial score (nSPS) is 12.6. The van der Waals surface area contributed by atoms with E-state index in [1.807, 2.05) is 30.7 Å². The summed E-state index contributed by atoms with van der Waals surface area (Å²) in [5.41, 5.74) is 3.67. The van der Waals surface area contributed by atoms with E-state index in [1.165, 1.54) is 11.1 Å². The predicted octanol–water partition coefficient (Wildman–Crippen LogP) is 2.85. The van der Waals surface area contributed by atoms with Crippen molar-refractivity contribution in [1.29, 1.82) is 0 Å². The zero-order chi connectivity index (χ0) is 13.7. The van der Waals surface area contributed by atoms with E-state index >= 15 is 0 Å². The molecule has 0 bridgehead atoms. The van der Waals surface area contributed by atoms with Gasteiger partial charge in [-0.15, -0.1) is 0 Å². The van der Waals surface area contributed by atoms with E-state index < -0.39 is 0 Å². The van der Waals surface area contributed by atoms with Gasteiger partial charge < -0.3 is 0 Å². The summed E-state index contributed by atoms with van der Waals surface area (Å²) in [6, 6.07) is 8.74. The number of nitrogens with zero attached hydrogens (tertiary/aromatic N) is 3. The molecule has 0 amide bonds. The average Bonchev–Trinajstić information content (AvgIpc) is 2.40. The number of hydrogen-bond acceptors (Lipinski definition) is 3. The lowest BCUT2D eigenvalue weighted by atomic mass is 10.1. The summed E-state index contributed by atoms with van der Waals surface area (Å²) in [6.45, 7) is 5.26. The van der Waals surface area contributed by atoms with Crippen LogP contribution in [0.15, 0.2) is 42.9 Å². The molecule has 0 radical (unpaired) electrons. The van der Waals surface area contributed by atoms with Crippen molar-refractivity contribution in [1.82, 2.24) is 14.9 Å². The first-order valence-corrected chi connectivity index (χ1v) is 6.66. The molecule has 3 heteroatoms. The number of likely N-dealkylation sites (N-methyl/N-ethyl adjacent to an activating group) is 1. The van der Waals surface area contributed by atoms with E-state index in [2.05, 4.69) is 47.9 Å². The molecule has 1 unspecified atom stereocenters. The molecule has 2 rings (SSSR count). The highest BCUT2D eigenvalue weighted by molar-refractivity contribution is 5.15. The summed E-state index contributed by atoms with van der Waals surface area (Å²) in [7, 11) is 2.15. The number of pyridine rings is 2. The molecule has 0 N–H and O–H groups in total. The van der Waals surface area contributed by atoms with Crippen LogP contribution >= 0.6 is 0 Å². The van der Waals surface area contributed by atoms with Gasteiger partial charge in [0.15, 0.2) is 0 Å². The van der Waals surface area contributed by atoms with Crippen LogP contribution in [0.3, 0.4) is 0 Å². The molecule has 0 spiro atoms. The fourth-order valence-electron chi connectivity index (χ4n) is 2.10. The Hall–Kier alpha value is -1.74. The van der Waals surface area contributed by atoms with Gasteiger partial charge in [0, 0.05) is 43.3 Å². The van der Waals surface area contributed by atoms with Crippen LogP contribution < -0.4 is 0 Å². The maximum Gasteiger partial charge on any atom is 0.0421 e. The van der Waals surface area contributed by atoms with Crippen molar-refractivity contribution in [2.24, 2.45) is 0 Å². The third kappa shape index (κ3) is 4.14. The quantitative estimate of drug-likeness (QED) is 0.822. The van der Waals surface area contributed by atoms with Gasteiger partial charge in [0.2, 0.25) is 0 Å². The molecule has 2 aromatic heterocycles. The Morgan fingerprint density at radius 2 is 2.11 bits per heavy atom. The van der Waals surface area contributed by atoms with Gasteiger partial charge >= 0.3 is 0 Å². The van der Waals surface area contributed by atoms with E-state index in [0.717, 1.165) is 18.7 Å². The molecular weight excluding hydrogens is 234 g/mol. The molecule has 2 aromatic rings. The van der Waals surface area contributed by atoms with Crippen LogP contribution in [0.4, 0.5) is 0 Å². The summed E-state index contributed by atoms with van der Waals surface area (Å²) >= 11 is 0. The molecule has 0 fully saturated rings. The second kappa shape index (κ2) is 6.43. The third-order valence-electron chi connectivity index (χ3n) is 3.38. The minimum atomic E-state index is 0.453. The Kier molecular flexibility index (Phi) is 4.63. The summed E-state index contributed by atoms with van der Waals surface area (Å²) in [4.78, 5) is 10.9. The Bertz CT molecular complexity index is 510. The van der Waals surface area contributed by atoms with Crippen LogP contribution in [0.2, 0.25) is 0 Å². The molecule has 2 heterocycles. The van der Waals surface area contributed by atoms with Crippen molar-refractivity contribution in [3.63, 3.8) is 0 Å². The molecular formula is C16H21N3. The third-order valence-corrected chi connectivity index (χ3v) is 3.38. The summed E-state index contributed by atoms with van der Waals surface area (Å²) < 4.78 is 0. The van der Waals surface area contributed by atoms with Gasteiger partial charge in [0.25, 0.3) is 0 Å². The molecule has 0 aliphatic carbocycles. The first kappa shape index (κ1) is 13.7. The molecule has 3 nitrogen and oxygen atoms in total. The monoisotopic (exact) mass is 255 g/mol. The highest BCUT2D eigenvalue weighted by atomic mass is 15.1. The zero-order valence-electron chi connectivity index (χ0n) is 11.9. The van der Waals surface area contributed by atoms with Crippen molar-refractivity contribution in [3.05, 3.63) is 59.7 Å². The summed E-state index contributed by atoms with van der Waals surface area (Å²) in [5.74, 6) is 0. The lowest BCUT2D eigenvalue weighted by molar-refractivity contribution is 0.246. The van der Waals surface area contributed by atoms with Crippen LogP contribution in [-0.2, 0) is 13.0 Å². The van der Waals surface area contributed by atoms with Crippen molar-refractivity contribution in [2.75, 3.05) is 7.05 Å². The van der Waals surface area contributed by atoms with E-state index in [9.17, 15) is 0 Å². The van der Waals surface area contributed by atoms with E-state index in [0.29, 0.717) is 6.04 Å². The molecule has 0 aromatic carbocycles. The highest BCUT2D eigenvalue weighted by Gasteiger charge is 2.11. The molecule has 100 valence electrons. The van der Waals surface area contributed by atoms with Crippen molar-refractivity contribution < 1.29 is 0 Å². The van der Waals surface area contributed by atoms with Crippen LogP contribution in [0.1, 0.15) is 23.7 Å². The van der Waals surface area contributed by atoms with E-state index in [1.54, 1.807) is 0 Å². The van der Waals surface area contributed by atoms with Crippen LogP contribution in [0, 0.1) is 6.92 Å². The summed E-state index contributed by atoms with van der Waals surface area (Å²) in [5, 5.41) is 0. The average molecular weight is 255 g/mol. The van der Waals surface area contributed by atoms with Crippen molar-refractivity contribution in [3.8, 4) is 0 Å². The van der Waals surface area contributed by atoms with Crippen molar-refractivity contribution >= 4 is 0 Å². The molecule has 1 atom stereocenters. The minimum Gasteiger partial charge on any atom is -0.299 e. The van der Waals surface area contributed by atoms with Gasteiger partial charge in [0.1, 0.15) is 0 Å². The SMILES string of the molecule is Cc1ccnc(CC(C)N(C)Cc2cccnc2)c1. The Labute approximate surface area is 115 Å². The van der Waals surface area contributed by atoms with Crippen LogP contribution in [0.25, 0.3) is 0 Å². The van der Waals surface area contributed by atoms with Crippen LogP contribution in [-0.4, -0.2) is 28.0 Å². The van der Waals surface area contributed by atoms with Gasteiger partial charge in [-0.25, -0.2) is 0 Å². The minimum absolute atomic E-state index is 0.453. The second-order valence-corrected chi connectivity index (χ2v) is 5.15. The summed E-state index contributed by atoms with van der Waals surface area (Å²) in [6.07, 6.45) is 6.59. The van der Waals surface area contributed by atoms with E-state index in [4.69, 9.17) is 0 Å². The maximum absolute atomic E-state index is 4.43. The number of hydrogen-bond donors (Lipinski definition) is 0. The van der Waals surface area contributed by atoms with Gasteiger partial charge in [-0.2, -0.15) is 0 Å². The number of rotatable bonds is 5. The first-order valence-electron chi connectivity index (χ1n) is 6.66. The van der Waals surface area contributed by atoms with Gasteiger partial charge in [-0.1, -0.05) is 6.07 Å². The van der Waals surface area contributed by atoms with Gasteiger partial charge in [-0.3, -0.25) is 14.9 Å². The smallest absolute Gasteiger partial charge is 0.0421 e. The Balaban J connectivity index is 1.94. The molecule has 0 saturated heterocycles. The fourth-order valence-corrected chi connectivity index (χ4v) is 2.10. The zero-order valence-corrected chi connectivity index (χ0v) is 11.9. The highest BCUT2D eigenvalue weighted by Crippen LogP contribution is 2.10. The Morgan fingerprint density at radius 1 is 1.26 bits per heavy atom. The maximum atomic E-state index is 4.43. The largest absolute Gasteiger partial charge is 0.299 e. The van der Waals surface area contributed by atoms with E-state index in [-0.39, 0.29) is 0 Å². The topological polar surface area (TPSA) is 29.0 Å².